The van der Waals surface area contributed by atoms with Gasteiger partial charge in [0.25, 0.3) is 5.91 Å². The number of halogens is 1. The summed E-state index contributed by atoms with van der Waals surface area (Å²) in [6.07, 6.45) is 7.17. The Labute approximate surface area is 198 Å². The number of thioether (sulfide) groups is 1. The van der Waals surface area contributed by atoms with E-state index >= 15 is 0 Å². The Hall–Kier alpha value is -2.61. The molecule has 2 aromatic heterocycles. The molecule has 33 heavy (non-hydrogen) atoms. The van der Waals surface area contributed by atoms with Crippen molar-refractivity contribution in [1.82, 2.24) is 19.5 Å². The zero-order valence-corrected chi connectivity index (χ0v) is 20.1. The Bertz CT molecular complexity index is 1170. The Morgan fingerprint density at radius 3 is 2.73 bits per heavy atom. The molecule has 0 aliphatic carbocycles. The molecule has 1 aromatic carbocycles. The van der Waals surface area contributed by atoms with Gasteiger partial charge in [0.15, 0.2) is 5.65 Å². The van der Waals surface area contributed by atoms with E-state index in [1.54, 1.807) is 28.8 Å². The van der Waals surface area contributed by atoms with Gasteiger partial charge in [0.2, 0.25) is 0 Å². The molecule has 6 nitrogen and oxygen atoms in total. The molecule has 1 atom stereocenters. The first-order chi connectivity index (χ1) is 16.0. The van der Waals surface area contributed by atoms with Gasteiger partial charge in [-0.1, -0.05) is 6.92 Å². The van der Waals surface area contributed by atoms with Gasteiger partial charge in [-0.25, -0.2) is 13.9 Å². The summed E-state index contributed by atoms with van der Waals surface area (Å²) in [6.45, 7) is 6.80. The van der Waals surface area contributed by atoms with E-state index in [-0.39, 0.29) is 17.5 Å². The molecule has 0 bridgehead atoms. The number of hydrogen-bond acceptors (Lipinski definition) is 5. The topological polar surface area (TPSA) is 53.7 Å². The largest absolute Gasteiger partial charge is 0.356 e. The van der Waals surface area contributed by atoms with Crippen molar-refractivity contribution in [1.29, 1.82) is 0 Å². The van der Waals surface area contributed by atoms with E-state index in [9.17, 15) is 9.18 Å². The highest BCUT2D eigenvalue weighted by Crippen LogP contribution is 2.33. The number of rotatable bonds is 5. The average Bonchev–Trinajstić information content (AvgIpc) is 3.49. The van der Waals surface area contributed by atoms with E-state index < -0.39 is 5.82 Å². The first kappa shape index (κ1) is 22.2. The minimum Gasteiger partial charge on any atom is -0.356 e. The molecule has 0 spiro atoms. The second-order valence-electron chi connectivity index (χ2n) is 8.90. The summed E-state index contributed by atoms with van der Waals surface area (Å²) in [4.78, 5) is 23.4. The Morgan fingerprint density at radius 1 is 1.15 bits per heavy atom. The molecule has 2 aliphatic rings. The van der Waals surface area contributed by atoms with Crippen molar-refractivity contribution in [3.8, 4) is 0 Å². The van der Waals surface area contributed by atoms with Crippen LogP contribution in [0, 0.1) is 12.7 Å². The third kappa shape index (κ3) is 4.33. The third-order valence-corrected chi connectivity index (χ3v) is 7.49. The summed E-state index contributed by atoms with van der Waals surface area (Å²) < 4.78 is 16.5. The quantitative estimate of drug-likeness (QED) is 0.480. The van der Waals surface area contributed by atoms with Crippen LogP contribution in [-0.4, -0.2) is 50.8 Å². The predicted molar refractivity (Wildman–Crippen MR) is 130 cm³/mol. The van der Waals surface area contributed by atoms with Crippen LogP contribution in [-0.2, 0) is 0 Å². The number of carbonyl (C=O) groups is 1. The maximum atomic E-state index is 14.7. The molecule has 0 saturated carbocycles. The lowest BCUT2D eigenvalue weighted by molar-refractivity contribution is 0.0600. The molecule has 0 radical (unpaired) electrons. The van der Waals surface area contributed by atoms with Crippen molar-refractivity contribution in [3.63, 3.8) is 0 Å². The normalized spacial score (nSPS) is 18.9. The highest BCUT2D eigenvalue weighted by Gasteiger charge is 2.32. The second kappa shape index (κ2) is 9.33. The van der Waals surface area contributed by atoms with Gasteiger partial charge in [-0.15, -0.1) is 11.8 Å². The number of benzene rings is 1. The number of aromatic nitrogens is 3. The summed E-state index contributed by atoms with van der Waals surface area (Å²) in [7, 11) is 0. The molecular formula is C25H30FN5OS. The monoisotopic (exact) mass is 467 g/mol. The van der Waals surface area contributed by atoms with E-state index in [1.807, 2.05) is 23.7 Å². The molecule has 1 unspecified atom stereocenters. The number of hydrogen-bond donors (Lipinski definition) is 0. The van der Waals surface area contributed by atoms with Crippen LogP contribution in [0.3, 0.4) is 0 Å². The summed E-state index contributed by atoms with van der Waals surface area (Å²) in [5.41, 5.74) is 2.87. The van der Waals surface area contributed by atoms with Crippen LogP contribution in [0.2, 0.25) is 0 Å². The van der Waals surface area contributed by atoms with Crippen molar-refractivity contribution in [2.45, 2.75) is 56.9 Å². The van der Waals surface area contributed by atoms with Gasteiger partial charge in [-0.05, 0) is 63.0 Å². The van der Waals surface area contributed by atoms with Gasteiger partial charge < -0.3 is 9.80 Å². The Kier molecular flexibility index (Phi) is 6.27. The molecule has 1 amide bonds. The lowest BCUT2D eigenvalue weighted by atomic mass is 9.98. The van der Waals surface area contributed by atoms with Crippen molar-refractivity contribution in [3.05, 3.63) is 53.1 Å². The van der Waals surface area contributed by atoms with Crippen LogP contribution in [0.25, 0.3) is 5.65 Å². The van der Waals surface area contributed by atoms with Gasteiger partial charge in [0, 0.05) is 42.4 Å². The molecule has 2 saturated heterocycles. The smallest absolute Gasteiger partial charge is 0.257 e. The van der Waals surface area contributed by atoms with Crippen LogP contribution in [0.5, 0.6) is 0 Å². The van der Waals surface area contributed by atoms with Crippen LogP contribution in [0.15, 0.2) is 35.4 Å². The number of piperidine rings is 1. The van der Waals surface area contributed by atoms with Crippen molar-refractivity contribution < 1.29 is 9.18 Å². The standard InChI is InChI=1S/C25H30FN5OS/c1-3-33-18-9-10-20(26)19(14-18)25(32)30-13-5-4-8-22(30)21-15-23-27-24(29-11-6-7-12-29)17(2)16-31(23)28-21/h9-10,14-16,22H,3-8,11-13H2,1-2H3. The zero-order chi connectivity index (χ0) is 22.9. The maximum absolute atomic E-state index is 14.7. The van der Waals surface area contributed by atoms with Gasteiger partial charge in [-0.3, -0.25) is 4.79 Å². The van der Waals surface area contributed by atoms with Crippen LogP contribution >= 0.6 is 11.8 Å². The number of likely N-dealkylation sites (tertiary alicyclic amines) is 1. The van der Waals surface area contributed by atoms with E-state index in [2.05, 4.69) is 11.8 Å². The highest BCUT2D eigenvalue weighted by molar-refractivity contribution is 7.99. The van der Waals surface area contributed by atoms with Gasteiger partial charge >= 0.3 is 0 Å². The average molecular weight is 468 g/mol. The van der Waals surface area contributed by atoms with E-state index in [0.29, 0.717) is 6.54 Å². The maximum Gasteiger partial charge on any atom is 0.257 e. The van der Waals surface area contributed by atoms with Crippen molar-refractivity contribution >= 4 is 29.1 Å². The number of nitrogens with zero attached hydrogens (tertiary/aromatic N) is 5. The van der Waals surface area contributed by atoms with E-state index in [1.165, 1.54) is 18.9 Å². The lowest BCUT2D eigenvalue weighted by Crippen LogP contribution is -2.39. The summed E-state index contributed by atoms with van der Waals surface area (Å²) in [5.74, 6) is 1.18. The first-order valence-corrected chi connectivity index (χ1v) is 12.9. The molecule has 8 heteroatoms. The fourth-order valence-electron chi connectivity index (χ4n) is 4.99. The van der Waals surface area contributed by atoms with E-state index in [0.717, 1.165) is 65.7 Å². The zero-order valence-electron chi connectivity index (χ0n) is 19.3. The van der Waals surface area contributed by atoms with Gasteiger partial charge in [0.05, 0.1) is 17.3 Å². The fraction of sp³-hybridized carbons (Fsp3) is 0.480. The highest BCUT2D eigenvalue weighted by atomic mass is 32.2. The summed E-state index contributed by atoms with van der Waals surface area (Å²) in [5, 5.41) is 4.80. The lowest BCUT2D eigenvalue weighted by Gasteiger charge is -2.35. The summed E-state index contributed by atoms with van der Waals surface area (Å²) >= 11 is 1.61. The van der Waals surface area contributed by atoms with Crippen molar-refractivity contribution in [2.75, 3.05) is 30.3 Å². The molecule has 3 aromatic rings. The Morgan fingerprint density at radius 2 is 1.94 bits per heavy atom. The molecule has 174 valence electrons. The molecule has 2 fully saturated rings. The number of amides is 1. The van der Waals surface area contributed by atoms with Crippen LogP contribution in [0.4, 0.5) is 10.2 Å². The third-order valence-electron chi connectivity index (χ3n) is 6.61. The first-order valence-electron chi connectivity index (χ1n) is 11.9. The second-order valence-corrected chi connectivity index (χ2v) is 10.2. The van der Waals surface area contributed by atoms with Gasteiger partial charge in [-0.2, -0.15) is 5.10 Å². The number of carbonyl (C=O) groups excluding carboxylic acids is 1. The van der Waals surface area contributed by atoms with Crippen molar-refractivity contribution in [2.24, 2.45) is 0 Å². The molecular weight excluding hydrogens is 437 g/mol. The Balaban J connectivity index is 1.47. The molecule has 0 N–H and O–H groups in total. The molecule has 4 heterocycles. The fourth-order valence-corrected chi connectivity index (χ4v) is 5.69. The summed E-state index contributed by atoms with van der Waals surface area (Å²) in [6, 6.07) is 6.65. The molecule has 2 aliphatic heterocycles. The van der Waals surface area contributed by atoms with Crippen LogP contribution < -0.4 is 4.90 Å². The minimum atomic E-state index is -0.465. The SMILES string of the molecule is CCSc1ccc(F)c(C(=O)N2CCCCC2c2cc3nc(N4CCCC4)c(C)cn3n2)c1. The number of fused-ring (bicyclic) bond motifs is 1. The van der Waals surface area contributed by atoms with E-state index in [4.69, 9.17) is 10.1 Å². The van der Waals surface area contributed by atoms with Crippen LogP contribution in [0.1, 0.15) is 66.7 Å². The minimum absolute atomic E-state index is 0.148. The molecule has 5 rings (SSSR count). The number of anilines is 1. The number of aryl methyl sites for hydroxylation is 1. The van der Waals surface area contributed by atoms with Gasteiger partial charge in [0.1, 0.15) is 11.6 Å². The predicted octanol–water partition coefficient (Wildman–Crippen LogP) is 5.26.